The van der Waals surface area contributed by atoms with E-state index in [0.29, 0.717) is 17.2 Å². The zero-order valence-corrected chi connectivity index (χ0v) is 24.9. The lowest BCUT2D eigenvalue weighted by Crippen LogP contribution is -2.76. The van der Waals surface area contributed by atoms with Crippen molar-refractivity contribution in [3.63, 3.8) is 0 Å². The molecular formula is C39H28N4Si. The largest absolute Gasteiger partial charge is 0.278 e. The molecule has 0 saturated heterocycles. The maximum Gasteiger partial charge on any atom is 0.234 e. The molecule has 0 aliphatic rings. The average molecular weight is 582 g/mol. The summed E-state index contributed by atoms with van der Waals surface area (Å²) in [6, 6.07) is 54.5. The van der Waals surface area contributed by atoms with Gasteiger partial charge in [-0.15, -0.1) is 0 Å². The molecule has 3 heterocycles. The molecule has 5 aromatic carbocycles. The van der Waals surface area contributed by atoms with Gasteiger partial charge in [0, 0.05) is 28.7 Å². The maximum atomic E-state index is 9.59. The number of benzene rings is 5. The number of para-hydroxylation sites is 2. The molecule has 8 rings (SSSR count). The highest BCUT2D eigenvalue weighted by atomic mass is 28.3. The van der Waals surface area contributed by atoms with E-state index in [-0.39, 0.29) is 6.17 Å². The van der Waals surface area contributed by atoms with Crippen LogP contribution in [0.5, 0.6) is 0 Å². The van der Waals surface area contributed by atoms with Gasteiger partial charge in [-0.25, -0.2) is 9.97 Å². The summed E-state index contributed by atoms with van der Waals surface area (Å²) in [6.45, 7) is 0. The maximum absolute atomic E-state index is 9.59. The summed E-state index contributed by atoms with van der Waals surface area (Å²) in [5, 5.41) is 6.59. The van der Waals surface area contributed by atoms with Crippen LogP contribution in [0.3, 0.4) is 0 Å². The van der Waals surface area contributed by atoms with E-state index in [1.165, 1.54) is 15.6 Å². The molecule has 0 aliphatic carbocycles. The Morgan fingerprint density at radius 3 is 1.48 bits per heavy atom. The Hall–Kier alpha value is -5.65. The molecule has 0 atom stereocenters. The molecule has 8 aromatic rings. The Bertz CT molecular complexity index is 2120. The predicted octanol–water partition coefficient (Wildman–Crippen LogP) is 6.01. The number of aromatic nitrogens is 4. The van der Waals surface area contributed by atoms with E-state index in [1.807, 2.05) is 30.3 Å². The van der Waals surface area contributed by atoms with Crippen LogP contribution in [0.15, 0.2) is 170 Å². The third-order valence-corrected chi connectivity index (χ3v) is 13.1. The van der Waals surface area contributed by atoms with Crippen molar-refractivity contribution in [3.05, 3.63) is 170 Å². The molecule has 44 heavy (non-hydrogen) atoms. The molecule has 0 unspecified atom stereocenters. The third kappa shape index (κ3) is 4.09. The van der Waals surface area contributed by atoms with Crippen molar-refractivity contribution in [2.75, 3.05) is 0 Å². The minimum absolute atomic E-state index is 0.148. The van der Waals surface area contributed by atoms with Gasteiger partial charge in [0.05, 0.1) is 23.4 Å². The lowest BCUT2D eigenvalue weighted by molar-refractivity contribution is 1.000. The Labute approximate surface area is 258 Å². The van der Waals surface area contributed by atoms with Crippen molar-refractivity contribution in [2.24, 2.45) is 0 Å². The monoisotopic (exact) mass is 581 g/mol. The first-order valence-electron chi connectivity index (χ1n) is 15.2. The van der Waals surface area contributed by atoms with Gasteiger partial charge in [0.25, 0.3) is 0 Å². The summed E-state index contributed by atoms with van der Waals surface area (Å²) in [4.78, 5) is 15.3. The van der Waals surface area contributed by atoms with E-state index in [1.54, 1.807) is 6.20 Å². The van der Waals surface area contributed by atoms with Crippen molar-refractivity contribution in [3.8, 4) is 17.2 Å². The number of rotatable bonds is 6. The summed E-state index contributed by atoms with van der Waals surface area (Å²) < 4.78 is 11.7. The van der Waals surface area contributed by atoms with E-state index in [0.717, 1.165) is 27.1 Å². The van der Waals surface area contributed by atoms with Crippen LogP contribution in [-0.2, 0) is 0 Å². The fraction of sp³-hybridized carbons (Fsp3) is 0. The molecule has 0 aliphatic heterocycles. The van der Waals surface area contributed by atoms with Gasteiger partial charge < -0.3 is 0 Å². The Morgan fingerprint density at radius 2 is 0.977 bits per heavy atom. The highest BCUT2D eigenvalue weighted by Gasteiger charge is 2.45. The second-order valence-electron chi connectivity index (χ2n) is 10.8. The van der Waals surface area contributed by atoms with E-state index < -0.39 is 8.07 Å². The van der Waals surface area contributed by atoms with Gasteiger partial charge >= 0.3 is 0 Å². The van der Waals surface area contributed by atoms with Crippen LogP contribution >= 0.6 is 0 Å². The molecule has 0 saturated carbocycles. The Kier molecular flexibility index (Phi) is 6.16. The lowest BCUT2D eigenvalue weighted by atomic mass is 10.2. The highest BCUT2D eigenvalue weighted by Crippen LogP contribution is 2.31. The summed E-state index contributed by atoms with van der Waals surface area (Å²) >= 11 is 0. The first-order chi connectivity index (χ1) is 22.3. The van der Waals surface area contributed by atoms with E-state index >= 15 is 0 Å². The molecule has 5 heteroatoms. The van der Waals surface area contributed by atoms with Gasteiger partial charge in [0.1, 0.15) is 0 Å². The minimum Gasteiger partial charge on any atom is -0.278 e. The van der Waals surface area contributed by atoms with Crippen molar-refractivity contribution >= 4 is 50.8 Å². The van der Waals surface area contributed by atoms with Gasteiger partial charge in [0.15, 0.2) is 0 Å². The number of hydrogen-bond donors (Lipinski definition) is 0. The van der Waals surface area contributed by atoms with Crippen molar-refractivity contribution in [1.29, 1.82) is 0 Å². The fourth-order valence-electron chi connectivity index (χ4n) is 6.51. The van der Waals surface area contributed by atoms with E-state index in [4.69, 9.17) is 15.0 Å². The summed E-state index contributed by atoms with van der Waals surface area (Å²) in [5.41, 5.74) is 3.34. The number of hydrogen-bond acceptors (Lipinski definition) is 3. The number of pyridine rings is 1. The van der Waals surface area contributed by atoms with Crippen molar-refractivity contribution in [2.45, 2.75) is 0 Å². The highest BCUT2D eigenvalue weighted by molar-refractivity contribution is 7.20. The Balaban J connectivity index is 1.58. The van der Waals surface area contributed by atoms with Gasteiger partial charge in [-0.2, -0.15) is 0 Å². The van der Waals surface area contributed by atoms with Crippen LogP contribution in [0.1, 0.15) is 1.37 Å². The van der Waals surface area contributed by atoms with Gasteiger partial charge in [-0.3, -0.25) is 9.55 Å². The van der Waals surface area contributed by atoms with Gasteiger partial charge in [0.2, 0.25) is 14.0 Å². The molecular weight excluding hydrogens is 553 g/mol. The normalized spacial score (nSPS) is 12.0. The fourth-order valence-corrected chi connectivity index (χ4v) is 11.2. The molecule has 0 spiro atoms. The SMILES string of the molecule is [2H]c1nc(-n2c3ccccc3c3ccccc32)nc([Si](c2ccccc2)(c2ccccc2)c2ccccc2)c1-c1ccccn1. The topological polar surface area (TPSA) is 43.6 Å². The van der Waals surface area contributed by atoms with E-state index in [9.17, 15) is 1.37 Å². The molecule has 4 nitrogen and oxygen atoms in total. The second kappa shape index (κ2) is 10.9. The minimum atomic E-state index is -3.16. The average Bonchev–Trinajstić information content (AvgIpc) is 3.45. The lowest BCUT2D eigenvalue weighted by Gasteiger charge is -2.34. The number of fused-ring (bicyclic) bond motifs is 3. The van der Waals surface area contributed by atoms with Crippen molar-refractivity contribution in [1.82, 2.24) is 19.5 Å². The first-order valence-corrected chi connectivity index (χ1v) is 16.7. The van der Waals surface area contributed by atoms with Crippen LogP contribution in [0.2, 0.25) is 0 Å². The van der Waals surface area contributed by atoms with Gasteiger partial charge in [-0.1, -0.05) is 133 Å². The Morgan fingerprint density at radius 1 is 0.500 bits per heavy atom. The van der Waals surface area contributed by atoms with Crippen molar-refractivity contribution < 1.29 is 1.37 Å². The quantitative estimate of drug-likeness (QED) is 0.178. The smallest absolute Gasteiger partial charge is 0.234 e. The van der Waals surface area contributed by atoms with Crippen LogP contribution in [-0.4, -0.2) is 27.6 Å². The zero-order chi connectivity index (χ0) is 30.2. The van der Waals surface area contributed by atoms with Crippen LogP contribution < -0.4 is 20.9 Å². The molecule has 0 bridgehead atoms. The molecule has 0 N–H and O–H groups in total. The van der Waals surface area contributed by atoms with Crippen LogP contribution in [0, 0.1) is 0 Å². The molecule has 3 aromatic heterocycles. The molecule has 0 fully saturated rings. The molecule has 0 radical (unpaired) electrons. The predicted molar refractivity (Wildman–Crippen MR) is 183 cm³/mol. The summed E-state index contributed by atoms with van der Waals surface area (Å²) in [6.07, 6.45) is 1.92. The van der Waals surface area contributed by atoms with Gasteiger partial charge in [-0.05, 0) is 39.8 Å². The zero-order valence-electron chi connectivity index (χ0n) is 24.9. The molecule has 208 valence electrons. The number of nitrogens with zero attached hydrogens (tertiary/aromatic N) is 4. The molecule has 0 amide bonds. The van der Waals surface area contributed by atoms with Crippen LogP contribution in [0.25, 0.3) is 39.0 Å². The first kappa shape index (κ1) is 24.9. The summed E-state index contributed by atoms with van der Waals surface area (Å²) in [5.74, 6) is 0.478. The van der Waals surface area contributed by atoms with E-state index in [2.05, 4.69) is 132 Å². The van der Waals surface area contributed by atoms with Crippen LogP contribution in [0.4, 0.5) is 0 Å². The second-order valence-corrected chi connectivity index (χ2v) is 14.5. The summed E-state index contributed by atoms with van der Waals surface area (Å²) in [7, 11) is -3.16. The standard InChI is InChI=1S/C39H28N4Si/c1-4-16-29(17-5-1)44(30-18-6-2-7-19-30,31-20-8-3-9-21-31)38-34(35-24-14-15-27-40-35)28-41-39(42-38)43-36-25-12-10-22-32(36)33-23-11-13-26-37(33)43/h1-28H/i28D. The third-order valence-electron chi connectivity index (χ3n) is 8.39.